The molecule has 118 valence electrons. The Hall–Kier alpha value is -3.22. The molecule has 0 spiro atoms. The van der Waals surface area contributed by atoms with E-state index in [9.17, 15) is 14.7 Å². The van der Waals surface area contributed by atoms with Gasteiger partial charge in [0.2, 0.25) is 0 Å². The topological polar surface area (TPSA) is 120 Å². The molecule has 0 aromatic heterocycles. The monoisotopic (exact) mass is 314 g/mol. The SMILES string of the molecule is CC(C(=O)O)c1ccc(/N=N/c2ccc(O)c(C(=O)O)c2)cc1. The summed E-state index contributed by atoms with van der Waals surface area (Å²) in [7, 11) is 0. The number of rotatable bonds is 5. The summed E-state index contributed by atoms with van der Waals surface area (Å²) in [5.41, 5.74) is 1.17. The number of carbonyl (C=O) groups is 2. The van der Waals surface area contributed by atoms with Gasteiger partial charge in [0.1, 0.15) is 11.3 Å². The number of hydrogen-bond acceptors (Lipinski definition) is 5. The second-order valence-electron chi connectivity index (χ2n) is 4.86. The standard InChI is InChI=1S/C16H14N2O5/c1-9(15(20)21)10-2-4-11(5-3-10)17-18-12-6-7-14(19)13(8-12)16(22)23/h2-9,19H,1H3,(H,20,21)(H,22,23)/b18-17+. The molecule has 0 bridgehead atoms. The first kappa shape index (κ1) is 16.2. The summed E-state index contributed by atoms with van der Waals surface area (Å²) >= 11 is 0. The quantitative estimate of drug-likeness (QED) is 0.727. The predicted octanol–water partition coefficient (Wildman–Crippen LogP) is 3.69. The van der Waals surface area contributed by atoms with Crippen molar-refractivity contribution in [1.29, 1.82) is 0 Å². The zero-order valence-electron chi connectivity index (χ0n) is 12.2. The smallest absolute Gasteiger partial charge is 0.339 e. The van der Waals surface area contributed by atoms with E-state index in [1.807, 2.05) is 0 Å². The van der Waals surface area contributed by atoms with E-state index >= 15 is 0 Å². The minimum atomic E-state index is -1.26. The van der Waals surface area contributed by atoms with E-state index in [1.165, 1.54) is 18.2 Å². The molecule has 0 fully saturated rings. The largest absolute Gasteiger partial charge is 0.507 e. The van der Waals surface area contributed by atoms with Crippen LogP contribution >= 0.6 is 0 Å². The lowest BCUT2D eigenvalue weighted by molar-refractivity contribution is -0.138. The Morgan fingerprint density at radius 2 is 1.52 bits per heavy atom. The van der Waals surface area contributed by atoms with Gasteiger partial charge in [-0.3, -0.25) is 4.79 Å². The minimum absolute atomic E-state index is 0.257. The third kappa shape index (κ3) is 3.91. The van der Waals surface area contributed by atoms with Crippen molar-refractivity contribution in [2.45, 2.75) is 12.8 Å². The summed E-state index contributed by atoms with van der Waals surface area (Å²) in [5.74, 6) is -3.13. The van der Waals surface area contributed by atoms with Crippen molar-refractivity contribution in [2.75, 3.05) is 0 Å². The molecule has 0 aliphatic heterocycles. The fraction of sp³-hybridized carbons (Fsp3) is 0.125. The summed E-state index contributed by atoms with van der Waals surface area (Å²) in [6.07, 6.45) is 0. The molecule has 0 aliphatic carbocycles. The summed E-state index contributed by atoms with van der Waals surface area (Å²) in [4.78, 5) is 21.8. The van der Waals surface area contributed by atoms with Gasteiger partial charge in [0.15, 0.2) is 0 Å². The Morgan fingerprint density at radius 3 is 2.09 bits per heavy atom. The zero-order valence-corrected chi connectivity index (χ0v) is 12.2. The Morgan fingerprint density at radius 1 is 0.957 bits per heavy atom. The molecule has 1 atom stereocenters. The summed E-state index contributed by atoms with van der Waals surface area (Å²) in [6.45, 7) is 1.59. The van der Waals surface area contributed by atoms with Gasteiger partial charge < -0.3 is 15.3 Å². The number of carboxylic acids is 2. The maximum atomic E-state index is 10.9. The van der Waals surface area contributed by atoms with Gasteiger partial charge >= 0.3 is 11.9 Å². The molecule has 0 saturated heterocycles. The number of aromatic hydroxyl groups is 1. The third-order valence-corrected chi connectivity index (χ3v) is 3.25. The molecule has 23 heavy (non-hydrogen) atoms. The molecule has 2 aromatic rings. The van der Waals surface area contributed by atoms with Crippen LogP contribution < -0.4 is 0 Å². The molecule has 0 aliphatic rings. The first-order valence-corrected chi connectivity index (χ1v) is 6.69. The van der Waals surface area contributed by atoms with Crippen LogP contribution in [-0.4, -0.2) is 27.3 Å². The van der Waals surface area contributed by atoms with E-state index in [1.54, 1.807) is 31.2 Å². The second kappa shape index (κ2) is 6.69. The third-order valence-electron chi connectivity index (χ3n) is 3.25. The highest BCUT2D eigenvalue weighted by Crippen LogP contribution is 2.26. The average Bonchev–Trinajstić information content (AvgIpc) is 2.53. The maximum Gasteiger partial charge on any atom is 0.339 e. The van der Waals surface area contributed by atoms with Crippen LogP contribution in [0.2, 0.25) is 0 Å². The molecular weight excluding hydrogens is 300 g/mol. The number of phenols is 1. The Bertz CT molecular complexity index is 769. The molecule has 2 aromatic carbocycles. The molecule has 0 radical (unpaired) electrons. The minimum Gasteiger partial charge on any atom is -0.507 e. The fourth-order valence-corrected chi connectivity index (χ4v) is 1.85. The first-order valence-electron chi connectivity index (χ1n) is 6.69. The number of carboxylic acid groups (broad SMARTS) is 2. The number of nitrogens with zero attached hydrogens (tertiary/aromatic N) is 2. The highest BCUT2D eigenvalue weighted by Gasteiger charge is 2.13. The second-order valence-corrected chi connectivity index (χ2v) is 4.86. The first-order chi connectivity index (χ1) is 10.9. The maximum absolute atomic E-state index is 10.9. The van der Waals surface area contributed by atoms with Crippen LogP contribution in [0.5, 0.6) is 5.75 Å². The van der Waals surface area contributed by atoms with E-state index in [0.29, 0.717) is 11.3 Å². The van der Waals surface area contributed by atoms with Gasteiger partial charge in [-0.15, -0.1) is 0 Å². The van der Waals surface area contributed by atoms with Gasteiger partial charge in [0.25, 0.3) is 0 Å². The lowest BCUT2D eigenvalue weighted by atomic mass is 10.0. The van der Waals surface area contributed by atoms with Crippen LogP contribution in [0, 0.1) is 0 Å². The van der Waals surface area contributed by atoms with Crippen molar-refractivity contribution in [3.8, 4) is 5.75 Å². The van der Waals surface area contributed by atoms with E-state index in [0.717, 1.165) is 0 Å². The van der Waals surface area contributed by atoms with Crippen LogP contribution in [0.25, 0.3) is 0 Å². The molecule has 0 heterocycles. The summed E-state index contributed by atoms with van der Waals surface area (Å²) in [6, 6.07) is 10.4. The molecule has 7 heteroatoms. The zero-order chi connectivity index (χ0) is 17.0. The highest BCUT2D eigenvalue weighted by atomic mass is 16.4. The van der Waals surface area contributed by atoms with Crippen molar-refractivity contribution in [3.05, 3.63) is 53.6 Å². The van der Waals surface area contributed by atoms with Gasteiger partial charge in [-0.2, -0.15) is 10.2 Å². The van der Waals surface area contributed by atoms with Crippen molar-refractivity contribution in [3.63, 3.8) is 0 Å². The van der Waals surface area contributed by atoms with Crippen molar-refractivity contribution >= 4 is 23.3 Å². The van der Waals surface area contributed by atoms with Crippen molar-refractivity contribution in [2.24, 2.45) is 10.2 Å². The number of aromatic carboxylic acids is 1. The molecule has 7 nitrogen and oxygen atoms in total. The van der Waals surface area contributed by atoms with Gasteiger partial charge in [0.05, 0.1) is 17.3 Å². The predicted molar refractivity (Wildman–Crippen MR) is 81.7 cm³/mol. The van der Waals surface area contributed by atoms with Crippen LogP contribution in [0.15, 0.2) is 52.7 Å². The number of azo groups is 1. The molecule has 3 N–H and O–H groups in total. The lowest BCUT2D eigenvalue weighted by Gasteiger charge is -2.05. The Kier molecular flexibility index (Phi) is 4.70. The number of hydrogen-bond donors (Lipinski definition) is 3. The van der Waals surface area contributed by atoms with Crippen molar-refractivity contribution < 1.29 is 24.9 Å². The summed E-state index contributed by atoms with van der Waals surface area (Å²) < 4.78 is 0. The van der Waals surface area contributed by atoms with E-state index in [4.69, 9.17) is 10.2 Å². The van der Waals surface area contributed by atoms with Crippen LogP contribution in [-0.2, 0) is 4.79 Å². The fourth-order valence-electron chi connectivity index (χ4n) is 1.85. The molecule has 0 saturated carbocycles. The molecular formula is C16H14N2O5. The molecule has 1 unspecified atom stereocenters. The highest BCUT2D eigenvalue weighted by molar-refractivity contribution is 5.91. The summed E-state index contributed by atoms with van der Waals surface area (Å²) in [5, 5.41) is 35.1. The molecule has 0 amide bonds. The number of benzene rings is 2. The van der Waals surface area contributed by atoms with Gasteiger partial charge in [-0.25, -0.2) is 4.79 Å². The number of aliphatic carboxylic acids is 1. The molecule has 2 rings (SSSR count). The van der Waals surface area contributed by atoms with Crippen LogP contribution in [0.3, 0.4) is 0 Å². The van der Waals surface area contributed by atoms with Crippen molar-refractivity contribution in [1.82, 2.24) is 0 Å². The van der Waals surface area contributed by atoms with Crippen LogP contribution in [0.1, 0.15) is 28.8 Å². The van der Waals surface area contributed by atoms with Gasteiger partial charge in [0, 0.05) is 0 Å². The van der Waals surface area contributed by atoms with Gasteiger partial charge in [-0.05, 0) is 42.8 Å². The van der Waals surface area contributed by atoms with E-state index in [2.05, 4.69) is 10.2 Å². The van der Waals surface area contributed by atoms with Crippen LogP contribution in [0.4, 0.5) is 11.4 Å². The Labute approximate surface area is 131 Å². The van der Waals surface area contributed by atoms with E-state index < -0.39 is 17.9 Å². The van der Waals surface area contributed by atoms with E-state index in [-0.39, 0.29) is 17.0 Å². The average molecular weight is 314 g/mol. The lowest BCUT2D eigenvalue weighted by Crippen LogP contribution is -2.06. The Balaban J connectivity index is 2.19. The normalized spacial score (nSPS) is 12.2. The van der Waals surface area contributed by atoms with Gasteiger partial charge in [-0.1, -0.05) is 12.1 Å².